The van der Waals surface area contributed by atoms with Crippen LogP contribution in [0.5, 0.6) is 0 Å². The molecule has 37 heavy (non-hydrogen) atoms. The van der Waals surface area contributed by atoms with Gasteiger partial charge in [0.15, 0.2) is 0 Å². The summed E-state index contributed by atoms with van der Waals surface area (Å²) in [7, 11) is 0.386. The van der Waals surface area contributed by atoms with Gasteiger partial charge in [-0.05, 0) is 101 Å². The zero-order chi connectivity index (χ0) is 26.3. The van der Waals surface area contributed by atoms with Gasteiger partial charge < -0.3 is 4.74 Å². The summed E-state index contributed by atoms with van der Waals surface area (Å²) >= 11 is 0. The van der Waals surface area contributed by atoms with Crippen molar-refractivity contribution in [2.24, 2.45) is 35.5 Å². The van der Waals surface area contributed by atoms with Gasteiger partial charge >= 0.3 is 0 Å². The zero-order valence-electron chi connectivity index (χ0n) is 24.1. The van der Waals surface area contributed by atoms with Crippen molar-refractivity contribution >= 4 is 10.0 Å². The molecule has 1 N–H and O–H groups in total. The lowest BCUT2D eigenvalue weighted by molar-refractivity contribution is -0.128. The first-order chi connectivity index (χ1) is 17.7. The van der Waals surface area contributed by atoms with Crippen molar-refractivity contribution in [3.05, 3.63) is 0 Å². The monoisotopic (exact) mass is 538 g/mol. The lowest BCUT2D eigenvalue weighted by Gasteiger charge is -2.60. The maximum atomic E-state index is 13.9. The van der Waals surface area contributed by atoms with E-state index < -0.39 is 15.4 Å². The second-order valence-electron chi connectivity index (χ2n) is 13.3. The summed E-state index contributed by atoms with van der Waals surface area (Å²) in [5, 5.41) is 2.88. The second-order valence-corrected chi connectivity index (χ2v) is 15.4. The van der Waals surface area contributed by atoms with Gasteiger partial charge in [-0.3, -0.25) is 15.1 Å². The summed E-state index contributed by atoms with van der Waals surface area (Å²) in [5.74, 6) is 4.81. The summed E-state index contributed by atoms with van der Waals surface area (Å²) in [6, 6.07) is 0.783. The number of nitrogens with one attached hydrogen (secondary N) is 1. The van der Waals surface area contributed by atoms with E-state index in [1.165, 1.54) is 44.9 Å². The summed E-state index contributed by atoms with van der Waals surface area (Å²) in [6.45, 7) is 10.7. The topological polar surface area (TPSA) is 65.1 Å². The fourth-order valence-corrected chi connectivity index (χ4v) is 11.1. The van der Waals surface area contributed by atoms with Crippen molar-refractivity contribution in [1.82, 2.24) is 19.4 Å². The third-order valence-corrected chi connectivity index (χ3v) is 13.9. The van der Waals surface area contributed by atoms with Gasteiger partial charge in [0.05, 0.1) is 12.8 Å². The molecular formula is C29H54N4O3S. The molecule has 0 radical (unpaired) electrons. The van der Waals surface area contributed by atoms with Gasteiger partial charge in [0.25, 0.3) is 0 Å². The van der Waals surface area contributed by atoms with Crippen LogP contribution in [-0.4, -0.2) is 93.1 Å². The molecule has 0 aromatic heterocycles. The van der Waals surface area contributed by atoms with Crippen LogP contribution in [0.1, 0.15) is 78.6 Å². The first-order valence-electron chi connectivity index (χ1n) is 15.4. The van der Waals surface area contributed by atoms with Crippen molar-refractivity contribution in [1.29, 1.82) is 0 Å². The standard InChI is InChI=1S/C29H54N4O3S/c1-20-9-8-10-25(21(20)2)23-11-13-24(14-12-23)29-26-18-32(15-6-7-16-33(26)27(29)19-36-5)37(34,35)28-17-30-22(3)31(28)4/h20-30H,6-19H2,1-5H3/t20?,21?,22?,23?,24?,25?,26?,27-,28?,29+/m1/s1. The number of nitrogens with zero attached hydrogens (tertiary/aromatic N) is 3. The van der Waals surface area contributed by atoms with Gasteiger partial charge in [0.1, 0.15) is 5.37 Å². The van der Waals surface area contributed by atoms with E-state index in [0.29, 0.717) is 43.6 Å². The van der Waals surface area contributed by atoms with Crippen molar-refractivity contribution in [3.8, 4) is 0 Å². The lowest BCUT2D eigenvalue weighted by atomic mass is 9.60. The Morgan fingerprint density at radius 3 is 2.30 bits per heavy atom. The van der Waals surface area contributed by atoms with Crippen LogP contribution in [0, 0.1) is 35.5 Å². The Labute approximate surface area is 227 Å². The van der Waals surface area contributed by atoms with E-state index in [1.54, 1.807) is 0 Å². The summed E-state index contributed by atoms with van der Waals surface area (Å²) in [6.07, 6.45) is 11.7. The lowest BCUT2D eigenvalue weighted by Crippen LogP contribution is -2.71. The van der Waals surface area contributed by atoms with Crippen LogP contribution in [0.3, 0.4) is 0 Å². The molecule has 2 saturated carbocycles. The highest BCUT2D eigenvalue weighted by Gasteiger charge is 2.54. The van der Waals surface area contributed by atoms with Crippen LogP contribution in [0.2, 0.25) is 0 Å². The molecule has 8 heteroatoms. The van der Waals surface area contributed by atoms with E-state index in [4.69, 9.17) is 4.74 Å². The number of ether oxygens (including phenoxy) is 1. The number of fused-ring (bicyclic) bond motifs is 1. The molecular weight excluding hydrogens is 484 g/mol. The number of sulfonamides is 1. The van der Waals surface area contributed by atoms with Crippen molar-refractivity contribution in [2.75, 3.05) is 46.9 Å². The van der Waals surface area contributed by atoms with Gasteiger partial charge in [0, 0.05) is 38.8 Å². The quantitative estimate of drug-likeness (QED) is 0.555. The third-order valence-electron chi connectivity index (χ3n) is 11.6. The molecule has 0 aromatic carbocycles. The predicted molar refractivity (Wildman–Crippen MR) is 150 cm³/mol. The molecule has 3 saturated heterocycles. The van der Waals surface area contributed by atoms with Gasteiger partial charge in [-0.15, -0.1) is 0 Å². The average molecular weight is 539 g/mol. The van der Waals surface area contributed by atoms with Gasteiger partial charge in [-0.1, -0.05) is 26.7 Å². The van der Waals surface area contributed by atoms with Crippen LogP contribution < -0.4 is 5.32 Å². The zero-order valence-corrected chi connectivity index (χ0v) is 25.0. The summed E-state index contributed by atoms with van der Waals surface area (Å²) < 4.78 is 35.3. The number of hydrogen-bond acceptors (Lipinski definition) is 6. The van der Waals surface area contributed by atoms with Crippen molar-refractivity contribution in [2.45, 2.75) is 102 Å². The van der Waals surface area contributed by atoms with E-state index in [1.807, 2.05) is 30.3 Å². The minimum atomic E-state index is -3.39. The molecule has 3 aliphatic heterocycles. The predicted octanol–water partition coefficient (Wildman–Crippen LogP) is 3.81. The molecule has 5 aliphatic rings. The van der Waals surface area contributed by atoms with Gasteiger partial charge in [-0.25, -0.2) is 8.42 Å². The number of methoxy groups -OCH3 is 1. The molecule has 0 bridgehead atoms. The largest absolute Gasteiger partial charge is 0.383 e. The summed E-state index contributed by atoms with van der Waals surface area (Å²) in [5.41, 5.74) is 0. The first-order valence-corrected chi connectivity index (χ1v) is 16.9. The number of likely N-dealkylation sites (N-methyl/N-ethyl adjacent to an activating group) is 1. The molecule has 3 heterocycles. The molecule has 0 amide bonds. The third kappa shape index (κ3) is 5.41. The SMILES string of the molecule is COC[C@@H]1[C@@H](C2CCC(C3CCCC(C)C3C)CC2)C2CN(S(=O)(=O)C3CNC(C)N3C)CCCCN21. The maximum Gasteiger partial charge on any atom is 0.231 e. The Balaban J connectivity index is 1.29. The van der Waals surface area contributed by atoms with Crippen LogP contribution in [0.15, 0.2) is 0 Å². The minimum Gasteiger partial charge on any atom is -0.383 e. The smallest absolute Gasteiger partial charge is 0.231 e. The number of rotatable bonds is 6. The van der Waals surface area contributed by atoms with Crippen LogP contribution >= 0.6 is 0 Å². The first kappa shape index (κ1) is 28.3. The molecule has 0 aromatic rings. The highest BCUT2D eigenvalue weighted by Crippen LogP contribution is 2.50. The highest BCUT2D eigenvalue weighted by molar-refractivity contribution is 7.89. The average Bonchev–Trinajstić information content (AvgIpc) is 3.21. The molecule has 5 rings (SSSR count). The Bertz CT molecular complexity index is 863. The molecule has 214 valence electrons. The van der Waals surface area contributed by atoms with Crippen LogP contribution in [-0.2, 0) is 14.8 Å². The number of hydrogen-bond donors (Lipinski definition) is 1. The van der Waals surface area contributed by atoms with E-state index in [9.17, 15) is 8.42 Å². The summed E-state index contributed by atoms with van der Waals surface area (Å²) in [4.78, 5) is 4.61. The van der Waals surface area contributed by atoms with E-state index in [0.717, 1.165) is 49.7 Å². The normalized spacial score (nSPS) is 45.1. The van der Waals surface area contributed by atoms with Gasteiger partial charge in [0.2, 0.25) is 10.0 Å². The van der Waals surface area contributed by atoms with E-state index >= 15 is 0 Å². The highest BCUT2D eigenvalue weighted by atomic mass is 32.2. The Kier molecular flexibility index (Phi) is 8.94. The second kappa shape index (κ2) is 11.7. The molecule has 0 spiro atoms. The van der Waals surface area contributed by atoms with Gasteiger partial charge in [-0.2, -0.15) is 4.31 Å². The molecule has 5 fully saturated rings. The van der Waals surface area contributed by atoms with E-state index in [-0.39, 0.29) is 6.17 Å². The van der Waals surface area contributed by atoms with Crippen LogP contribution in [0.25, 0.3) is 0 Å². The molecule has 8 atom stereocenters. The Hall–Kier alpha value is -0.250. The van der Waals surface area contributed by atoms with E-state index in [2.05, 4.69) is 24.1 Å². The fraction of sp³-hybridized carbons (Fsp3) is 1.00. The molecule has 2 aliphatic carbocycles. The molecule has 6 unspecified atom stereocenters. The minimum absolute atomic E-state index is 0.0959. The Morgan fingerprint density at radius 1 is 0.919 bits per heavy atom. The van der Waals surface area contributed by atoms with Crippen molar-refractivity contribution in [3.63, 3.8) is 0 Å². The van der Waals surface area contributed by atoms with Crippen molar-refractivity contribution < 1.29 is 13.2 Å². The fourth-order valence-electron chi connectivity index (χ4n) is 9.06. The molecule has 7 nitrogen and oxygen atoms in total. The van der Waals surface area contributed by atoms with Crippen LogP contribution in [0.4, 0.5) is 0 Å². The maximum absolute atomic E-state index is 13.9. The Morgan fingerprint density at radius 2 is 1.62 bits per heavy atom.